The van der Waals surface area contributed by atoms with E-state index in [2.05, 4.69) is 73.4 Å². The third-order valence-electron chi connectivity index (χ3n) is 5.51. The second-order valence-corrected chi connectivity index (χ2v) is 7.70. The van der Waals surface area contributed by atoms with E-state index >= 15 is 0 Å². The third-order valence-corrected chi connectivity index (χ3v) is 5.51. The van der Waals surface area contributed by atoms with Gasteiger partial charge < -0.3 is 15.4 Å². The summed E-state index contributed by atoms with van der Waals surface area (Å²) in [5.41, 5.74) is 11.1. The number of anilines is 1. The van der Waals surface area contributed by atoms with Crippen LogP contribution in [0.25, 0.3) is 0 Å². The van der Waals surface area contributed by atoms with Gasteiger partial charge in [0, 0.05) is 32.4 Å². The first-order valence-corrected chi connectivity index (χ1v) is 10.0. The van der Waals surface area contributed by atoms with E-state index in [-0.39, 0.29) is 0 Å². The van der Waals surface area contributed by atoms with Gasteiger partial charge in [0.05, 0.1) is 0 Å². The van der Waals surface area contributed by atoms with Gasteiger partial charge in [-0.05, 0) is 80.2 Å². The molecule has 1 aliphatic carbocycles. The second-order valence-electron chi connectivity index (χ2n) is 7.70. The lowest BCUT2D eigenvalue weighted by Gasteiger charge is -2.25. The SMILES string of the molecule is CN(C)c1ccc(CCCN(C)C2CCc3cc(OCCN)ccc32)cc1. The van der Waals surface area contributed by atoms with Crippen molar-refractivity contribution >= 4 is 5.69 Å². The van der Waals surface area contributed by atoms with Gasteiger partial charge in [-0.25, -0.2) is 0 Å². The molecular formula is C23H33N3O. The summed E-state index contributed by atoms with van der Waals surface area (Å²) in [7, 11) is 6.42. The van der Waals surface area contributed by atoms with E-state index in [1.165, 1.54) is 35.2 Å². The summed E-state index contributed by atoms with van der Waals surface area (Å²) in [4.78, 5) is 4.65. The Hall–Kier alpha value is -2.04. The molecule has 1 atom stereocenters. The van der Waals surface area contributed by atoms with Crippen LogP contribution in [0.4, 0.5) is 5.69 Å². The molecule has 2 N–H and O–H groups in total. The molecule has 0 aromatic heterocycles. The molecule has 0 bridgehead atoms. The quantitative estimate of drug-likeness (QED) is 0.735. The zero-order valence-corrected chi connectivity index (χ0v) is 16.9. The minimum Gasteiger partial charge on any atom is -0.492 e. The van der Waals surface area contributed by atoms with Crippen LogP contribution in [-0.2, 0) is 12.8 Å². The van der Waals surface area contributed by atoms with Crippen LogP contribution in [0, 0.1) is 0 Å². The number of ether oxygens (including phenoxy) is 1. The third kappa shape index (κ3) is 5.02. The fourth-order valence-electron chi connectivity index (χ4n) is 3.94. The largest absolute Gasteiger partial charge is 0.492 e. The van der Waals surface area contributed by atoms with Crippen molar-refractivity contribution in [2.24, 2.45) is 5.73 Å². The summed E-state index contributed by atoms with van der Waals surface area (Å²) in [6, 6.07) is 16.0. The van der Waals surface area contributed by atoms with Crippen LogP contribution in [-0.4, -0.2) is 45.7 Å². The van der Waals surface area contributed by atoms with Crippen molar-refractivity contribution in [3.63, 3.8) is 0 Å². The van der Waals surface area contributed by atoms with Crippen molar-refractivity contribution in [3.8, 4) is 5.75 Å². The molecular weight excluding hydrogens is 334 g/mol. The van der Waals surface area contributed by atoms with Gasteiger partial charge in [0.25, 0.3) is 0 Å². The first-order chi connectivity index (χ1) is 13.1. The molecule has 27 heavy (non-hydrogen) atoms. The minimum absolute atomic E-state index is 0.527. The van der Waals surface area contributed by atoms with Gasteiger partial charge >= 0.3 is 0 Å². The van der Waals surface area contributed by atoms with Crippen LogP contribution < -0.4 is 15.4 Å². The molecule has 0 spiro atoms. The van der Waals surface area contributed by atoms with E-state index in [0.717, 1.165) is 25.1 Å². The van der Waals surface area contributed by atoms with Crippen molar-refractivity contribution in [1.82, 2.24) is 4.90 Å². The number of rotatable bonds is 9. The van der Waals surface area contributed by atoms with Crippen LogP contribution in [0.5, 0.6) is 5.75 Å². The van der Waals surface area contributed by atoms with Gasteiger partial charge in [-0.1, -0.05) is 18.2 Å². The number of fused-ring (bicyclic) bond motifs is 1. The lowest BCUT2D eigenvalue weighted by atomic mass is 10.1. The predicted octanol–water partition coefficient (Wildman–Crippen LogP) is 3.64. The summed E-state index contributed by atoms with van der Waals surface area (Å²) < 4.78 is 5.67. The molecule has 3 rings (SSSR count). The van der Waals surface area contributed by atoms with Gasteiger partial charge in [0.2, 0.25) is 0 Å². The Morgan fingerprint density at radius 3 is 2.56 bits per heavy atom. The monoisotopic (exact) mass is 367 g/mol. The predicted molar refractivity (Wildman–Crippen MR) is 114 cm³/mol. The molecule has 0 saturated carbocycles. The van der Waals surface area contributed by atoms with Gasteiger partial charge in [-0.3, -0.25) is 4.90 Å². The van der Waals surface area contributed by atoms with Gasteiger partial charge in [0.1, 0.15) is 12.4 Å². The molecule has 0 saturated heterocycles. The lowest BCUT2D eigenvalue weighted by Crippen LogP contribution is -2.24. The van der Waals surface area contributed by atoms with Crippen LogP contribution in [0.1, 0.15) is 35.6 Å². The zero-order chi connectivity index (χ0) is 19.2. The number of nitrogens with zero attached hydrogens (tertiary/aromatic N) is 2. The Morgan fingerprint density at radius 1 is 1.07 bits per heavy atom. The van der Waals surface area contributed by atoms with Crippen molar-refractivity contribution in [1.29, 1.82) is 0 Å². The molecule has 1 aliphatic rings. The van der Waals surface area contributed by atoms with Crippen LogP contribution >= 0.6 is 0 Å². The highest BCUT2D eigenvalue weighted by molar-refractivity contribution is 5.46. The van der Waals surface area contributed by atoms with Gasteiger partial charge in [-0.15, -0.1) is 0 Å². The maximum absolute atomic E-state index is 5.67. The van der Waals surface area contributed by atoms with Crippen molar-refractivity contribution < 1.29 is 4.74 Å². The second kappa shape index (κ2) is 9.25. The molecule has 1 unspecified atom stereocenters. The standard InChI is InChI=1S/C23H33N3O/c1-25(2)20-9-6-18(7-10-20)5-4-15-26(3)23-13-8-19-17-21(27-16-14-24)11-12-22(19)23/h6-7,9-12,17,23H,4-5,8,13-16,24H2,1-3H3. The van der Waals surface area contributed by atoms with E-state index in [0.29, 0.717) is 19.2 Å². The van der Waals surface area contributed by atoms with E-state index in [1.54, 1.807) is 0 Å². The normalized spacial score (nSPS) is 15.8. The maximum Gasteiger partial charge on any atom is 0.119 e. The molecule has 2 aromatic rings. The van der Waals surface area contributed by atoms with Crippen molar-refractivity contribution in [2.45, 2.75) is 31.7 Å². The lowest BCUT2D eigenvalue weighted by molar-refractivity contribution is 0.241. The molecule has 0 radical (unpaired) electrons. The smallest absolute Gasteiger partial charge is 0.119 e. The minimum atomic E-state index is 0.527. The Balaban J connectivity index is 1.51. The Kier molecular flexibility index (Phi) is 6.75. The number of hydrogen-bond donors (Lipinski definition) is 1. The van der Waals surface area contributed by atoms with Gasteiger partial charge in [0.15, 0.2) is 0 Å². The van der Waals surface area contributed by atoms with E-state index < -0.39 is 0 Å². The van der Waals surface area contributed by atoms with E-state index in [9.17, 15) is 0 Å². The zero-order valence-electron chi connectivity index (χ0n) is 16.9. The molecule has 4 nitrogen and oxygen atoms in total. The summed E-state index contributed by atoms with van der Waals surface area (Å²) in [5, 5.41) is 0. The first kappa shape index (κ1) is 19.7. The molecule has 4 heteroatoms. The molecule has 0 fully saturated rings. The number of nitrogens with two attached hydrogens (primary N) is 1. The summed E-state index contributed by atoms with van der Waals surface area (Å²) in [6.45, 7) is 2.25. The maximum atomic E-state index is 5.67. The highest BCUT2D eigenvalue weighted by Gasteiger charge is 2.25. The van der Waals surface area contributed by atoms with E-state index in [1.807, 2.05) is 0 Å². The summed E-state index contributed by atoms with van der Waals surface area (Å²) >= 11 is 0. The molecule has 0 aliphatic heterocycles. The topological polar surface area (TPSA) is 41.7 Å². The molecule has 0 amide bonds. The van der Waals surface area contributed by atoms with Gasteiger partial charge in [-0.2, -0.15) is 0 Å². The fraction of sp³-hybridized carbons (Fsp3) is 0.478. The van der Waals surface area contributed by atoms with Crippen LogP contribution in [0.15, 0.2) is 42.5 Å². The number of aryl methyl sites for hydroxylation is 2. The van der Waals surface area contributed by atoms with Crippen molar-refractivity contribution in [3.05, 3.63) is 59.2 Å². The summed E-state index contributed by atoms with van der Waals surface area (Å²) in [5.74, 6) is 0.948. The Morgan fingerprint density at radius 2 is 1.85 bits per heavy atom. The Labute approximate surface area is 163 Å². The molecule has 146 valence electrons. The fourth-order valence-corrected chi connectivity index (χ4v) is 3.94. The Bertz CT molecular complexity index is 727. The molecule has 2 aromatic carbocycles. The highest BCUT2D eigenvalue weighted by atomic mass is 16.5. The average Bonchev–Trinajstić information content (AvgIpc) is 3.10. The molecule has 0 heterocycles. The van der Waals surface area contributed by atoms with E-state index in [4.69, 9.17) is 10.5 Å². The highest BCUT2D eigenvalue weighted by Crippen LogP contribution is 2.37. The number of hydrogen-bond acceptors (Lipinski definition) is 4. The summed E-state index contributed by atoms with van der Waals surface area (Å²) in [6.07, 6.45) is 4.64. The first-order valence-electron chi connectivity index (χ1n) is 10.0. The van der Waals surface area contributed by atoms with Crippen LogP contribution in [0.3, 0.4) is 0 Å². The number of benzene rings is 2. The van der Waals surface area contributed by atoms with Crippen LogP contribution in [0.2, 0.25) is 0 Å². The van der Waals surface area contributed by atoms with Crippen molar-refractivity contribution in [2.75, 3.05) is 45.7 Å². The average molecular weight is 368 g/mol.